The zero-order valence-corrected chi connectivity index (χ0v) is 14.8. The highest BCUT2D eigenvalue weighted by Crippen LogP contribution is 2.41. The van der Waals surface area contributed by atoms with E-state index >= 15 is 0 Å². The summed E-state index contributed by atoms with van der Waals surface area (Å²) in [5, 5.41) is -0.0559. The number of rotatable bonds is 3. The second-order valence-electron chi connectivity index (χ2n) is 5.02. The predicted octanol–water partition coefficient (Wildman–Crippen LogP) is 4.01. The molecule has 23 heavy (non-hydrogen) atoms. The first kappa shape index (κ1) is 16.1. The van der Waals surface area contributed by atoms with E-state index in [2.05, 4.69) is 15.9 Å². The lowest BCUT2D eigenvalue weighted by Crippen LogP contribution is -2.27. The van der Waals surface area contributed by atoms with E-state index in [1.807, 2.05) is 24.3 Å². The Morgan fingerprint density at radius 1 is 1.17 bits per heavy atom. The number of halogens is 1. The van der Waals surface area contributed by atoms with Crippen molar-refractivity contribution in [2.45, 2.75) is 5.37 Å². The summed E-state index contributed by atoms with van der Waals surface area (Å²) in [4.78, 5) is 25.6. The second kappa shape index (κ2) is 6.76. The molecule has 1 aliphatic heterocycles. The number of methoxy groups -OCH3 is 1. The van der Waals surface area contributed by atoms with Gasteiger partial charge in [-0.2, -0.15) is 0 Å². The third-order valence-electron chi connectivity index (χ3n) is 3.59. The minimum atomic E-state index is -0.386. The molecule has 0 aliphatic carbocycles. The molecule has 0 saturated carbocycles. The van der Waals surface area contributed by atoms with E-state index in [1.54, 1.807) is 40.9 Å². The van der Waals surface area contributed by atoms with Gasteiger partial charge in [0, 0.05) is 10.2 Å². The van der Waals surface area contributed by atoms with Crippen LogP contribution in [0.1, 0.15) is 21.3 Å². The maximum Gasteiger partial charge on any atom is 0.337 e. The third kappa shape index (κ3) is 3.28. The van der Waals surface area contributed by atoms with Gasteiger partial charge in [-0.05, 0) is 42.0 Å². The molecule has 2 aromatic rings. The van der Waals surface area contributed by atoms with Crippen molar-refractivity contribution >= 4 is 45.3 Å². The van der Waals surface area contributed by atoms with E-state index in [9.17, 15) is 9.59 Å². The molecule has 1 heterocycles. The molecule has 1 aliphatic rings. The molecule has 0 bridgehead atoms. The molecule has 4 nitrogen and oxygen atoms in total. The number of carbonyl (C=O) groups excluding carboxylic acids is 2. The van der Waals surface area contributed by atoms with Crippen LogP contribution >= 0.6 is 27.7 Å². The van der Waals surface area contributed by atoms with Gasteiger partial charge in [-0.1, -0.05) is 28.1 Å². The maximum absolute atomic E-state index is 12.3. The van der Waals surface area contributed by atoms with Crippen LogP contribution in [0.15, 0.2) is 53.0 Å². The van der Waals surface area contributed by atoms with Gasteiger partial charge in [0.25, 0.3) is 0 Å². The van der Waals surface area contributed by atoms with E-state index < -0.39 is 0 Å². The molecule has 1 amide bonds. The molecular weight excluding hydrogens is 378 g/mol. The Hall–Kier alpha value is -1.79. The average molecular weight is 392 g/mol. The first-order valence-corrected chi connectivity index (χ1v) is 8.82. The smallest absolute Gasteiger partial charge is 0.337 e. The van der Waals surface area contributed by atoms with Crippen LogP contribution in [0.4, 0.5) is 5.69 Å². The molecule has 0 N–H and O–H groups in total. The molecule has 1 saturated heterocycles. The van der Waals surface area contributed by atoms with Crippen molar-refractivity contribution in [1.29, 1.82) is 0 Å². The van der Waals surface area contributed by atoms with Crippen LogP contribution in [0.25, 0.3) is 0 Å². The fraction of sp³-hybridized carbons (Fsp3) is 0.176. The van der Waals surface area contributed by atoms with Crippen LogP contribution < -0.4 is 4.90 Å². The van der Waals surface area contributed by atoms with Crippen molar-refractivity contribution in [1.82, 2.24) is 0 Å². The summed E-state index contributed by atoms with van der Waals surface area (Å²) in [6.07, 6.45) is 0. The Morgan fingerprint density at radius 2 is 1.83 bits per heavy atom. The van der Waals surface area contributed by atoms with Crippen molar-refractivity contribution < 1.29 is 14.3 Å². The Balaban J connectivity index is 1.90. The molecular formula is C17H14BrNO3S. The summed E-state index contributed by atoms with van der Waals surface area (Å²) in [5.41, 5.74) is 2.32. The molecule has 0 spiro atoms. The summed E-state index contributed by atoms with van der Waals surface area (Å²) in [6, 6.07) is 14.9. The topological polar surface area (TPSA) is 46.6 Å². The monoisotopic (exact) mass is 391 g/mol. The third-order valence-corrected chi connectivity index (χ3v) is 5.33. The fourth-order valence-electron chi connectivity index (χ4n) is 2.45. The normalized spacial score (nSPS) is 17.4. The van der Waals surface area contributed by atoms with Crippen molar-refractivity contribution in [3.8, 4) is 0 Å². The first-order chi connectivity index (χ1) is 11.1. The van der Waals surface area contributed by atoms with Crippen LogP contribution in [0.3, 0.4) is 0 Å². The molecule has 6 heteroatoms. The van der Waals surface area contributed by atoms with Gasteiger partial charge < -0.3 is 4.74 Å². The number of hydrogen-bond acceptors (Lipinski definition) is 4. The van der Waals surface area contributed by atoms with Crippen LogP contribution in [-0.2, 0) is 9.53 Å². The summed E-state index contributed by atoms with van der Waals surface area (Å²) in [7, 11) is 1.35. The standard InChI is InChI=1S/C17H14BrNO3S/c1-22-17(21)12-4-8-14(9-5-12)19-15(20)10-23-16(19)11-2-6-13(18)7-3-11/h2-9,16H,10H2,1H3. The van der Waals surface area contributed by atoms with Gasteiger partial charge in [-0.15, -0.1) is 11.8 Å². The molecule has 118 valence electrons. The van der Waals surface area contributed by atoms with Crippen molar-refractivity contribution in [2.75, 3.05) is 17.8 Å². The molecule has 1 fully saturated rings. The highest BCUT2D eigenvalue weighted by Gasteiger charge is 2.34. The van der Waals surface area contributed by atoms with Crippen molar-refractivity contribution in [2.24, 2.45) is 0 Å². The predicted molar refractivity (Wildman–Crippen MR) is 94.6 cm³/mol. The van der Waals surface area contributed by atoms with Crippen LogP contribution in [0.2, 0.25) is 0 Å². The molecule has 2 aromatic carbocycles. The lowest BCUT2D eigenvalue weighted by atomic mass is 10.1. The number of thioether (sulfide) groups is 1. The van der Waals surface area contributed by atoms with Crippen molar-refractivity contribution in [3.05, 3.63) is 64.1 Å². The van der Waals surface area contributed by atoms with E-state index in [4.69, 9.17) is 4.74 Å². The fourth-order valence-corrected chi connectivity index (χ4v) is 3.89. The van der Waals surface area contributed by atoms with Gasteiger partial charge in [0.05, 0.1) is 18.4 Å². The summed E-state index contributed by atoms with van der Waals surface area (Å²) in [6.45, 7) is 0. The molecule has 0 radical (unpaired) electrons. The number of amides is 1. The number of esters is 1. The number of carbonyl (C=O) groups is 2. The number of benzene rings is 2. The molecule has 1 unspecified atom stereocenters. The quantitative estimate of drug-likeness (QED) is 0.741. The largest absolute Gasteiger partial charge is 0.465 e. The Kier molecular flexibility index (Phi) is 4.73. The van der Waals surface area contributed by atoms with Gasteiger partial charge in [-0.25, -0.2) is 4.79 Å². The summed E-state index contributed by atoms with van der Waals surface area (Å²) in [5.74, 6) is 0.122. The van der Waals surface area contributed by atoms with Gasteiger partial charge in [0.1, 0.15) is 5.37 Å². The highest BCUT2D eigenvalue weighted by molar-refractivity contribution is 9.10. The molecule has 3 rings (SSSR count). The van der Waals surface area contributed by atoms with E-state index in [1.165, 1.54) is 7.11 Å². The Labute approximate surface area is 146 Å². The van der Waals surface area contributed by atoms with E-state index in [0.717, 1.165) is 15.7 Å². The van der Waals surface area contributed by atoms with Crippen molar-refractivity contribution in [3.63, 3.8) is 0 Å². The van der Waals surface area contributed by atoms with Gasteiger partial charge in [0.2, 0.25) is 5.91 Å². The first-order valence-electron chi connectivity index (χ1n) is 6.97. The lowest BCUT2D eigenvalue weighted by Gasteiger charge is -2.24. The molecule has 1 atom stereocenters. The summed E-state index contributed by atoms with van der Waals surface area (Å²) >= 11 is 5.02. The van der Waals surface area contributed by atoms with Crippen LogP contribution in [0.5, 0.6) is 0 Å². The zero-order chi connectivity index (χ0) is 16.4. The zero-order valence-electron chi connectivity index (χ0n) is 12.4. The molecule has 0 aromatic heterocycles. The van der Waals surface area contributed by atoms with Crippen LogP contribution in [0, 0.1) is 0 Å². The average Bonchev–Trinajstić information content (AvgIpc) is 2.96. The number of ether oxygens (including phenoxy) is 1. The summed E-state index contributed by atoms with van der Waals surface area (Å²) < 4.78 is 5.70. The van der Waals surface area contributed by atoms with Crippen LogP contribution in [-0.4, -0.2) is 24.7 Å². The highest BCUT2D eigenvalue weighted by atomic mass is 79.9. The number of nitrogens with zero attached hydrogens (tertiary/aromatic N) is 1. The van der Waals surface area contributed by atoms with Gasteiger partial charge >= 0.3 is 5.97 Å². The van der Waals surface area contributed by atoms with E-state index in [-0.39, 0.29) is 17.3 Å². The lowest BCUT2D eigenvalue weighted by molar-refractivity contribution is -0.115. The maximum atomic E-state index is 12.3. The van der Waals surface area contributed by atoms with E-state index in [0.29, 0.717) is 11.3 Å². The number of hydrogen-bond donors (Lipinski definition) is 0. The SMILES string of the molecule is COC(=O)c1ccc(N2C(=O)CSC2c2ccc(Br)cc2)cc1. The van der Waals surface area contributed by atoms with Gasteiger partial charge in [-0.3, -0.25) is 9.69 Å². The minimum Gasteiger partial charge on any atom is -0.465 e. The second-order valence-corrected chi connectivity index (χ2v) is 7.00. The Morgan fingerprint density at radius 3 is 2.43 bits per heavy atom. The minimum absolute atomic E-state index is 0.0559. The Bertz CT molecular complexity index is 731. The van der Waals surface area contributed by atoms with Gasteiger partial charge in [0.15, 0.2) is 0 Å². The number of anilines is 1.